The van der Waals surface area contributed by atoms with Gasteiger partial charge in [0.05, 0.1) is 5.38 Å². The number of fused-ring (bicyclic) bond motifs is 1. The molecule has 2 aromatic heterocycles. The van der Waals surface area contributed by atoms with Crippen molar-refractivity contribution >= 4 is 22.8 Å². The van der Waals surface area contributed by atoms with Crippen LogP contribution in [0.1, 0.15) is 62.0 Å². The minimum Gasteiger partial charge on any atom is -0.308 e. The summed E-state index contributed by atoms with van der Waals surface area (Å²) in [6.45, 7) is 4.02. The highest BCUT2D eigenvalue weighted by Crippen LogP contribution is 2.34. The highest BCUT2D eigenvalue weighted by atomic mass is 35.5. The maximum Gasteiger partial charge on any atom is 0.160 e. The maximum atomic E-state index is 6.33. The summed E-state index contributed by atoms with van der Waals surface area (Å²) in [5.41, 5.74) is 3.02. The molecule has 3 rings (SSSR count). The second-order valence-corrected chi connectivity index (χ2v) is 6.20. The van der Waals surface area contributed by atoms with Gasteiger partial charge in [0.25, 0.3) is 0 Å². The van der Waals surface area contributed by atoms with Crippen molar-refractivity contribution in [1.29, 1.82) is 0 Å². The minimum absolute atomic E-state index is 0.0727. The molecular weight excluding hydrogens is 258 g/mol. The van der Waals surface area contributed by atoms with Gasteiger partial charge in [0.2, 0.25) is 0 Å². The van der Waals surface area contributed by atoms with Crippen molar-refractivity contribution in [1.82, 2.24) is 14.5 Å². The third kappa shape index (κ3) is 2.36. The summed E-state index contributed by atoms with van der Waals surface area (Å²) in [5, 5.41) is -0.0727. The van der Waals surface area contributed by atoms with E-state index >= 15 is 0 Å². The number of pyridine rings is 1. The number of aryl methyl sites for hydroxylation is 1. The first-order valence-corrected chi connectivity index (χ1v) is 7.60. The Hall–Kier alpha value is -1.09. The topological polar surface area (TPSA) is 30.7 Å². The van der Waals surface area contributed by atoms with Gasteiger partial charge in [-0.2, -0.15) is 0 Å². The lowest BCUT2D eigenvalue weighted by Gasteiger charge is -2.25. The van der Waals surface area contributed by atoms with Gasteiger partial charge in [-0.3, -0.25) is 0 Å². The minimum atomic E-state index is -0.0727. The van der Waals surface area contributed by atoms with E-state index in [1.807, 2.05) is 19.9 Å². The van der Waals surface area contributed by atoms with E-state index in [1.165, 1.54) is 32.1 Å². The van der Waals surface area contributed by atoms with E-state index in [9.17, 15) is 0 Å². The van der Waals surface area contributed by atoms with Crippen LogP contribution in [0.3, 0.4) is 0 Å². The van der Waals surface area contributed by atoms with Crippen LogP contribution in [0.5, 0.6) is 0 Å². The fraction of sp³-hybridized carbons (Fsp3) is 0.600. The largest absolute Gasteiger partial charge is 0.308 e. The Bertz CT molecular complexity index is 582. The molecule has 0 amide bonds. The average molecular weight is 278 g/mol. The zero-order valence-electron chi connectivity index (χ0n) is 11.6. The summed E-state index contributed by atoms with van der Waals surface area (Å²) in [7, 11) is 0. The van der Waals surface area contributed by atoms with E-state index in [4.69, 9.17) is 21.6 Å². The molecule has 0 radical (unpaired) electrons. The molecule has 2 heterocycles. The van der Waals surface area contributed by atoms with Crippen LogP contribution in [-0.4, -0.2) is 14.5 Å². The predicted molar refractivity (Wildman–Crippen MR) is 78.7 cm³/mol. The summed E-state index contributed by atoms with van der Waals surface area (Å²) < 4.78 is 2.30. The summed E-state index contributed by atoms with van der Waals surface area (Å²) in [4.78, 5) is 9.39. The third-order valence-electron chi connectivity index (χ3n) is 4.00. The molecule has 1 aliphatic rings. The fourth-order valence-electron chi connectivity index (χ4n) is 3.07. The molecule has 102 valence electrons. The first-order valence-electron chi connectivity index (χ1n) is 7.16. The first kappa shape index (κ1) is 12.9. The molecule has 0 saturated heterocycles. The number of aromatic nitrogens is 3. The van der Waals surface area contributed by atoms with E-state index in [0.717, 1.165) is 22.7 Å². The Kier molecular flexibility index (Phi) is 3.48. The van der Waals surface area contributed by atoms with E-state index < -0.39 is 0 Å². The van der Waals surface area contributed by atoms with E-state index in [0.29, 0.717) is 6.04 Å². The number of imidazole rings is 1. The van der Waals surface area contributed by atoms with Crippen LogP contribution in [0.2, 0.25) is 0 Å². The van der Waals surface area contributed by atoms with Gasteiger partial charge in [-0.15, -0.1) is 11.6 Å². The van der Waals surface area contributed by atoms with E-state index in [1.54, 1.807) is 0 Å². The van der Waals surface area contributed by atoms with Gasteiger partial charge in [-0.25, -0.2) is 9.97 Å². The van der Waals surface area contributed by atoms with Crippen molar-refractivity contribution in [2.45, 2.75) is 57.4 Å². The zero-order valence-corrected chi connectivity index (χ0v) is 12.3. The molecule has 1 unspecified atom stereocenters. The van der Waals surface area contributed by atoms with Crippen LogP contribution in [-0.2, 0) is 0 Å². The van der Waals surface area contributed by atoms with Gasteiger partial charge in [-0.05, 0) is 38.8 Å². The van der Waals surface area contributed by atoms with Crippen molar-refractivity contribution < 1.29 is 0 Å². The molecule has 0 aromatic carbocycles. The Morgan fingerprint density at radius 2 is 1.95 bits per heavy atom. The number of alkyl halides is 1. The van der Waals surface area contributed by atoms with Crippen molar-refractivity contribution in [3.63, 3.8) is 0 Å². The molecule has 0 spiro atoms. The highest BCUT2D eigenvalue weighted by molar-refractivity contribution is 6.20. The van der Waals surface area contributed by atoms with Crippen molar-refractivity contribution in [3.05, 3.63) is 23.7 Å². The Balaban J connectivity index is 2.17. The molecule has 4 heteroatoms. The van der Waals surface area contributed by atoms with Crippen molar-refractivity contribution in [3.8, 4) is 0 Å². The summed E-state index contributed by atoms with van der Waals surface area (Å²) in [6, 6.07) is 4.59. The average Bonchev–Trinajstić information content (AvgIpc) is 2.78. The smallest absolute Gasteiger partial charge is 0.160 e. The zero-order chi connectivity index (χ0) is 13.4. The van der Waals surface area contributed by atoms with Gasteiger partial charge in [0.1, 0.15) is 11.3 Å². The fourth-order valence-corrected chi connectivity index (χ4v) is 3.22. The van der Waals surface area contributed by atoms with Gasteiger partial charge < -0.3 is 4.57 Å². The number of hydrogen-bond acceptors (Lipinski definition) is 2. The van der Waals surface area contributed by atoms with Gasteiger partial charge in [0, 0.05) is 11.7 Å². The maximum absolute atomic E-state index is 6.33. The van der Waals surface area contributed by atoms with Gasteiger partial charge in [0.15, 0.2) is 5.65 Å². The number of halogens is 1. The Morgan fingerprint density at radius 3 is 2.63 bits per heavy atom. The standard InChI is InChI=1S/C15H20ClN3/c1-10-8-9-13-15(17-10)19(14(18-13)11(2)16)12-6-4-3-5-7-12/h8-9,11-12H,3-7H2,1-2H3. The molecule has 2 aromatic rings. The van der Waals surface area contributed by atoms with Gasteiger partial charge in [-0.1, -0.05) is 19.3 Å². The normalized spacial score (nSPS) is 18.9. The van der Waals surface area contributed by atoms with Crippen molar-refractivity contribution in [2.24, 2.45) is 0 Å². The molecule has 0 N–H and O–H groups in total. The van der Waals surface area contributed by atoms with Crippen molar-refractivity contribution in [2.75, 3.05) is 0 Å². The molecule has 1 atom stereocenters. The van der Waals surface area contributed by atoms with Crippen LogP contribution in [0, 0.1) is 6.92 Å². The summed E-state index contributed by atoms with van der Waals surface area (Å²) in [5.74, 6) is 0.974. The number of nitrogens with zero attached hydrogens (tertiary/aromatic N) is 3. The number of rotatable bonds is 2. The first-order chi connectivity index (χ1) is 9.16. The monoisotopic (exact) mass is 277 g/mol. The van der Waals surface area contributed by atoms with E-state index in [-0.39, 0.29) is 5.38 Å². The lowest BCUT2D eigenvalue weighted by Crippen LogP contribution is -2.16. The number of hydrogen-bond donors (Lipinski definition) is 0. The molecule has 3 nitrogen and oxygen atoms in total. The molecule has 19 heavy (non-hydrogen) atoms. The third-order valence-corrected chi connectivity index (χ3v) is 4.19. The quantitative estimate of drug-likeness (QED) is 0.754. The molecular formula is C15H20ClN3. The van der Waals surface area contributed by atoms with Gasteiger partial charge >= 0.3 is 0 Å². The molecule has 0 bridgehead atoms. The molecule has 1 fully saturated rings. The van der Waals surface area contributed by atoms with Crippen LogP contribution in [0.25, 0.3) is 11.2 Å². The lowest BCUT2D eigenvalue weighted by atomic mass is 9.95. The summed E-state index contributed by atoms with van der Waals surface area (Å²) in [6.07, 6.45) is 6.38. The second kappa shape index (κ2) is 5.12. The van der Waals surface area contributed by atoms with Crippen LogP contribution < -0.4 is 0 Å². The highest BCUT2D eigenvalue weighted by Gasteiger charge is 2.24. The lowest BCUT2D eigenvalue weighted by molar-refractivity contribution is 0.351. The van der Waals surface area contributed by atoms with Crippen LogP contribution >= 0.6 is 11.6 Å². The predicted octanol–water partition coefficient (Wildman–Crippen LogP) is 4.54. The van der Waals surface area contributed by atoms with Crippen LogP contribution in [0.4, 0.5) is 0 Å². The Labute approximate surface area is 119 Å². The molecule has 0 aliphatic heterocycles. The van der Waals surface area contributed by atoms with Crippen LogP contribution in [0.15, 0.2) is 12.1 Å². The summed E-state index contributed by atoms with van der Waals surface area (Å²) >= 11 is 6.33. The SMILES string of the molecule is Cc1ccc2nc(C(C)Cl)n(C3CCCCC3)c2n1. The molecule has 1 aliphatic carbocycles. The second-order valence-electron chi connectivity index (χ2n) is 5.54. The Morgan fingerprint density at radius 1 is 1.21 bits per heavy atom. The molecule has 1 saturated carbocycles. The van der Waals surface area contributed by atoms with E-state index in [2.05, 4.69) is 10.6 Å².